The monoisotopic (exact) mass is 323 g/mol. The maximum atomic E-state index is 11.8. The van der Waals surface area contributed by atoms with Gasteiger partial charge in [0, 0.05) is 25.0 Å². The van der Waals surface area contributed by atoms with Crippen molar-refractivity contribution in [3.63, 3.8) is 0 Å². The number of fused-ring (bicyclic) bond motifs is 1. The Kier molecular flexibility index (Phi) is 3.71. The maximum Gasteiger partial charge on any atom is 0.407 e. The second-order valence-electron chi connectivity index (χ2n) is 7.38. The lowest BCUT2D eigenvalue weighted by molar-refractivity contribution is 0.0889. The van der Waals surface area contributed by atoms with Crippen LogP contribution in [0.4, 0.5) is 10.5 Å². The lowest BCUT2D eigenvalue weighted by Crippen LogP contribution is -2.48. The van der Waals surface area contributed by atoms with Gasteiger partial charge in [0.05, 0.1) is 17.9 Å². The van der Waals surface area contributed by atoms with E-state index in [0.717, 1.165) is 25.2 Å². The zero-order valence-electron chi connectivity index (χ0n) is 13.2. The van der Waals surface area contributed by atoms with Gasteiger partial charge < -0.3 is 10.0 Å². The first-order chi connectivity index (χ1) is 10.3. The highest BCUT2D eigenvalue weighted by Gasteiger charge is 2.51. The van der Waals surface area contributed by atoms with E-state index in [1.54, 1.807) is 17.2 Å². The topological polar surface area (TPSA) is 56.7 Å². The van der Waals surface area contributed by atoms with Gasteiger partial charge >= 0.3 is 6.09 Å². The average molecular weight is 324 g/mol. The molecule has 2 aliphatic heterocycles. The van der Waals surface area contributed by atoms with Gasteiger partial charge in [0.1, 0.15) is 5.15 Å². The lowest BCUT2D eigenvalue weighted by atomic mass is 9.84. The smallest absolute Gasteiger partial charge is 0.407 e. The van der Waals surface area contributed by atoms with E-state index in [1.807, 2.05) is 6.07 Å². The molecule has 0 bridgehead atoms. The molecule has 0 saturated carbocycles. The third-order valence-corrected chi connectivity index (χ3v) is 5.15. The van der Waals surface area contributed by atoms with Crippen molar-refractivity contribution in [1.82, 2.24) is 9.88 Å². The van der Waals surface area contributed by atoms with E-state index < -0.39 is 6.09 Å². The summed E-state index contributed by atoms with van der Waals surface area (Å²) in [4.78, 5) is 19.8. The Morgan fingerprint density at radius 1 is 1.36 bits per heavy atom. The number of amides is 1. The third kappa shape index (κ3) is 2.62. The summed E-state index contributed by atoms with van der Waals surface area (Å²) in [5, 5.41) is 10.1. The van der Waals surface area contributed by atoms with Crippen LogP contribution in [0.5, 0.6) is 0 Å². The van der Waals surface area contributed by atoms with E-state index in [4.69, 9.17) is 11.6 Å². The Labute approximate surface area is 135 Å². The quantitative estimate of drug-likeness (QED) is 0.805. The fourth-order valence-electron chi connectivity index (χ4n) is 3.84. The van der Waals surface area contributed by atoms with E-state index in [1.165, 1.54) is 0 Å². The Balaban J connectivity index is 1.80. The van der Waals surface area contributed by atoms with Gasteiger partial charge in [-0.05, 0) is 24.0 Å². The number of hydrogen-bond acceptors (Lipinski definition) is 3. The van der Waals surface area contributed by atoms with Crippen LogP contribution in [0, 0.1) is 11.3 Å². The molecule has 1 N–H and O–H groups in total. The summed E-state index contributed by atoms with van der Waals surface area (Å²) in [5.74, 6) is 0.385. The zero-order valence-corrected chi connectivity index (χ0v) is 13.9. The van der Waals surface area contributed by atoms with Gasteiger partial charge in [-0.3, -0.25) is 4.90 Å². The fraction of sp³-hybridized carbons (Fsp3) is 0.625. The summed E-state index contributed by atoms with van der Waals surface area (Å²) >= 11 is 5.83. The lowest BCUT2D eigenvalue weighted by Gasteiger charge is -2.36. The molecule has 22 heavy (non-hydrogen) atoms. The Bertz CT molecular complexity index is 570. The van der Waals surface area contributed by atoms with Crippen LogP contribution in [0.25, 0.3) is 0 Å². The highest BCUT2D eigenvalue weighted by atomic mass is 35.5. The summed E-state index contributed by atoms with van der Waals surface area (Å²) in [5.41, 5.74) is 0.978. The van der Waals surface area contributed by atoms with Crippen molar-refractivity contribution in [2.45, 2.75) is 39.3 Å². The summed E-state index contributed by atoms with van der Waals surface area (Å²) in [6, 6.07) is 3.88. The standard InChI is InChI=1S/C16H22ClN3O2/c1-16(2,3)13-6-10-8-19(9-12(10)20(13)15(21)22)11-4-5-14(17)18-7-11/h4-5,7,10,12-13H,6,8-9H2,1-3H3,(H,21,22)/t10-,12+,13?/m0/s1. The number of anilines is 1. The first-order valence-corrected chi connectivity index (χ1v) is 8.03. The Morgan fingerprint density at radius 3 is 2.64 bits per heavy atom. The van der Waals surface area contributed by atoms with Crippen LogP contribution in [-0.4, -0.2) is 46.3 Å². The number of hydrogen-bond donors (Lipinski definition) is 1. The van der Waals surface area contributed by atoms with Gasteiger partial charge in [0.2, 0.25) is 0 Å². The van der Waals surface area contributed by atoms with Gasteiger partial charge in [-0.2, -0.15) is 0 Å². The molecule has 0 radical (unpaired) electrons. The number of likely N-dealkylation sites (tertiary alicyclic amines) is 1. The van der Waals surface area contributed by atoms with Crippen LogP contribution in [0.3, 0.4) is 0 Å². The van der Waals surface area contributed by atoms with Crippen molar-refractivity contribution in [3.05, 3.63) is 23.5 Å². The highest BCUT2D eigenvalue weighted by molar-refractivity contribution is 6.29. The van der Waals surface area contributed by atoms with E-state index >= 15 is 0 Å². The molecule has 0 spiro atoms. The Hall–Kier alpha value is -1.49. The highest BCUT2D eigenvalue weighted by Crippen LogP contribution is 2.43. The summed E-state index contributed by atoms with van der Waals surface area (Å²) in [7, 11) is 0. The number of aromatic nitrogens is 1. The van der Waals surface area contributed by atoms with Gasteiger partial charge in [-0.1, -0.05) is 32.4 Å². The van der Waals surface area contributed by atoms with E-state index in [0.29, 0.717) is 11.1 Å². The molecule has 2 fully saturated rings. The second-order valence-corrected chi connectivity index (χ2v) is 7.77. The molecule has 1 amide bonds. The van der Waals surface area contributed by atoms with Crippen molar-refractivity contribution in [1.29, 1.82) is 0 Å². The summed E-state index contributed by atoms with van der Waals surface area (Å²) in [6.07, 6.45) is 1.89. The molecule has 3 heterocycles. The van der Waals surface area contributed by atoms with Crippen molar-refractivity contribution < 1.29 is 9.90 Å². The van der Waals surface area contributed by atoms with Crippen molar-refractivity contribution in [2.75, 3.05) is 18.0 Å². The normalized spacial score (nSPS) is 28.1. The molecule has 2 aliphatic rings. The minimum absolute atomic E-state index is 0.0324. The van der Waals surface area contributed by atoms with Crippen molar-refractivity contribution >= 4 is 23.4 Å². The molecule has 0 aliphatic carbocycles. The van der Waals surface area contributed by atoms with Crippen molar-refractivity contribution in [2.24, 2.45) is 11.3 Å². The number of halogens is 1. The molecule has 1 unspecified atom stereocenters. The SMILES string of the molecule is CC(C)(C)C1C[C@H]2CN(c3ccc(Cl)nc3)C[C@H]2N1C(=O)O. The molecular formula is C16H22ClN3O2. The van der Waals surface area contributed by atoms with E-state index in [2.05, 4.69) is 30.7 Å². The van der Waals surface area contributed by atoms with E-state index in [-0.39, 0.29) is 17.5 Å². The van der Waals surface area contributed by atoms with Gasteiger partial charge in [0.15, 0.2) is 0 Å². The van der Waals surface area contributed by atoms with Crippen LogP contribution >= 0.6 is 11.6 Å². The largest absolute Gasteiger partial charge is 0.465 e. The number of carbonyl (C=O) groups is 1. The Morgan fingerprint density at radius 2 is 2.09 bits per heavy atom. The molecule has 3 atom stereocenters. The van der Waals surface area contributed by atoms with Crippen LogP contribution < -0.4 is 4.90 Å². The predicted octanol–water partition coefficient (Wildman–Crippen LogP) is 3.34. The van der Waals surface area contributed by atoms with E-state index in [9.17, 15) is 9.90 Å². The summed E-state index contributed by atoms with van der Waals surface area (Å²) in [6.45, 7) is 7.97. The van der Waals surface area contributed by atoms with Crippen LogP contribution in [0.15, 0.2) is 18.3 Å². The first-order valence-electron chi connectivity index (χ1n) is 7.65. The first kappa shape index (κ1) is 15.4. The van der Waals surface area contributed by atoms with Crippen LogP contribution in [0.1, 0.15) is 27.2 Å². The molecule has 120 valence electrons. The predicted molar refractivity (Wildman–Crippen MR) is 86.5 cm³/mol. The summed E-state index contributed by atoms with van der Waals surface area (Å²) < 4.78 is 0. The minimum atomic E-state index is -0.802. The van der Waals surface area contributed by atoms with Crippen LogP contribution in [-0.2, 0) is 0 Å². The van der Waals surface area contributed by atoms with Gasteiger partial charge in [-0.15, -0.1) is 0 Å². The molecule has 1 aromatic rings. The number of rotatable bonds is 1. The molecule has 3 rings (SSSR count). The fourth-order valence-corrected chi connectivity index (χ4v) is 3.96. The third-order valence-electron chi connectivity index (χ3n) is 4.92. The van der Waals surface area contributed by atoms with Gasteiger partial charge in [0.25, 0.3) is 0 Å². The second kappa shape index (κ2) is 5.30. The molecule has 2 saturated heterocycles. The zero-order chi connectivity index (χ0) is 16.1. The molecule has 6 heteroatoms. The van der Waals surface area contributed by atoms with Crippen molar-refractivity contribution in [3.8, 4) is 0 Å². The number of pyridine rings is 1. The van der Waals surface area contributed by atoms with Gasteiger partial charge in [-0.25, -0.2) is 9.78 Å². The molecule has 0 aromatic carbocycles. The number of carboxylic acid groups (broad SMARTS) is 1. The molecule has 1 aromatic heterocycles. The average Bonchev–Trinajstić information content (AvgIpc) is 2.95. The minimum Gasteiger partial charge on any atom is -0.465 e. The molecule has 5 nitrogen and oxygen atoms in total. The maximum absolute atomic E-state index is 11.8. The van der Waals surface area contributed by atoms with Crippen LogP contribution in [0.2, 0.25) is 5.15 Å². The molecular weight excluding hydrogens is 302 g/mol. The number of nitrogens with zero attached hydrogens (tertiary/aromatic N) is 3.